The van der Waals surface area contributed by atoms with Gasteiger partial charge in [0.2, 0.25) is 0 Å². The van der Waals surface area contributed by atoms with Crippen molar-refractivity contribution < 1.29 is 0 Å². The average Bonchev–Trinajstić information content (AvgIpc) is 1.88. The Balaban J connectivity index is 2.94. The summed E-state index contributed by atoms with van der Waals surface area (Å²) in [4.78, 5) is 4.16. The zero-order chi connectivity index (χ0) is 6.69. The van der Waals surface area contributed by atoms with Crippen LogP contribution in [-0.4, -0.2) is 4.98 Å². The van der Waals surface area contributed by atoms with Crippen LogP contribution < -0.4 is 3.53 Å². The summed E-state index contributed by atoms with van der Waals surface area (Å²) < 4.78 is 3.93. The van der Waals surface area contributed by atoms with E-state index < -0.39 is 0 Å². The predicted molar refractivity (Wildman–Crippen MR) is 54.6 cm³/mol. The average molecular weight is 346 g/mol. The van der Waals surface area contributed by atoms with Gasteiger partial charge in [0.15, 0.2) is 0 Å². The van der Waals surface area contributed by atoms with Gasteiger partial charge in [0.05, 0.1) is 22.9 Å². The third-order valence-corrected chi connectivity index (χ3v) is 1.97. The molecule has 0 unspecified atom stereocenters. The molecular formula is C5H4I2N2. The lowest BCUT2D eigenvalue weighted by Crippen LogP contribution is -1.85. The molecule has 0 amide bonds. The van der Waals surface area contributed by atoms with Gasteiger partial charge in [-0.1, -0.05) is 6.07 Å². The monoisotopic (exact) mass is 346 g/mol. The second-order valence-corrected chi connectivity index (χ2v) is 3.08. The van der Waals surface area contributed by atoms with Gasteiger partial charge >= 0.3 is 0 Å². The molecule has 1 heterocycles. The van der Waals surface area contributed by atoms with E-state index in [-0.39, 0.29) is 0 Å². The lowest BCUT2D eigenvalue weighted by Gasteiger charge is -1.94. The van der Waals surface area contributed by atoms with E-state index in [0.717, 1.165) is 9.52 Å². The normalized spacial score (nSPS) is 9.11. The summed E-state index contributed by atoms with van der Waals surface area (Å²) in [5, 5.41) is 0. The van der Waals surface area contributed by atoms with E-state index >= 15 is 0 Å². The maximum Gasteiger partial charge on any atom is 0.135 e. The Morgan fingerprint density at radius 2 is 2.22 bits per heavy atom. The quantitative estimate of drug-likeness (QED) is 0.480. The SMILES string of the molecule is INc1cccc(I)n1. The second-order valence-electron chi connectivity index (χ2n) is 1.44. The second kappa shape index (κ2) is 3.55. The summed E-state index contributed by atoms with van der Waals surface area (Å²) in [6.07, 6.45) is 0. The Hall–Kier alpha value is 0.410. The highest BCUT2D eigenvalue weighted by atomic mass is 127. The number of pyridine rings is 1. The number of aromatic nitrogens is 1. The van der Waals surface area contributed by atoms with E-state index in [2.05, 4.69) is 54.0 Å². The van der Waals surface area contributed by atoms with Crippen molar-refractivity contribution in [3.63, 3.8) is 0 Å². The number of rotatable bonds is 1. The van der Waals surface area contributed by atoms with Crippen LogP contribution in [0.4, 0.5) is 5.82 Å². The number of hydrogen-bond acceptors (Lipinski definition) is 2. The zero-order valence-corrected chi connectivity index (χ0v) is 8.75. The molecule has 1 aromatic heterocycles. The van der Waals surface area contributed by atoms with Crippen LogP contribution in [0.25, 0.3) is 0 Å². The van der Waals surface area contributed by atoms with E-state index in [9.17, 15) is 0 Å². The summed E-state index contributed by atoms with van der Waals surface area (Å²) in [7, 11) is 0. The Labute approximate surface area is 81.1 Å². The van der Waals surface area contributed by atoms with Crippen molar-refractivity contribution in [2.45, 2.75) is 0 Å². The fraction of sp³-hybridized carbons (Fsp3) is 0. The molecule has 0 saturated heterocycles. The number of anilines is 1. The molecule has 0 aliphatic carbocycles. The van der Waals surface area contributed by atoms with Crippen molar-refractivity contribution in [1.29, 1.82) is 0 Å². The zero-order valence-electron chi connectivity index (χ0n) is 4.44. The number of hydrogen-bond donors (Lipinski definition) is 1. The molecule has 0 fully saturated rings. The molecule has 0 aliphatic rings. The summed E-state index contributed by atoms with van der Waals surface area (Å²) in [5.41, 5.74) is 0. The van der Waals surface area contributed by atoms with Crippen molar-refractivity contribution in [3.05, 3.63) is 21.9 Å². The minimum atomic E-state index is 0.905. The molecule has 0 bridgehead atoms. The smallest absolute Gasteiger partial charge is 0.135 e. The van der Waals surface area contributed by atoms with Gasteiger partial charge in [-0.2, -0.15) is 0 Å². The minimum Gasteiger partial charge on any atom is -0.313 e. The Morgan fingerprint density at radius 1 is 1.44 bits per heavy atom. The molecule has 0 spiro atoms. The van der Waals surface area contributed by atoms with Crippen LogP contribution >= 0.6 is 45.5 Å². The molecule has 0 aliphatic heterocycles. The summed E-state index contributed by atoms with van der Waals surface area (Å²) >= 11 is 4.23. The van der Waals surface area contributed by atoms with E-state index in [1.807, 2.05) is 18.2 Å². The lowest BCUT2D eigenvalue weighted by atomic mass is 10.5. The number of halogens is 2. The highest BCUT2D eigenvalue weighted by molar-refractivity contribution is 14.1. The predicted octanol–water partition coefficient (Wildman–Crippen LogP) is 2.45. The van der Waals surface area contributed by atoms with E-state index in [1.165, 1.54) is 0 Å². The lowest BCUT2D eigenvalue weighted by molar-refractivity contribution is 1.29. The van der Waals surface area contributed by atoms with Gasteiger partial charge < -0.3 is 3.53 Å². The fourth-order valence-electron chi connectivity index (χ4n) is 0.461. The van der Waals surface area contributed by atoms with Crippen molar-refractivity contribution in [2.24, 2.45) is 0 Å². The first kappa shape index (κ1) is 7.52. The molecule has 48 valence electrons. The molecule has 0 aromatic carbocycles. The molecular weight excluding hydrogens is 342 g/mol. The van der Waals surface area contributed by atoms with Crippen LogP contribution in [0.15, 0.2) is 18.2 Å². The molecule has 0 atom stereocenters. The molecule has 4 heteroatoms. The van der Waals surface area contributed by atoms with Crippen molar-refractivity contribution >= 4 is 51.3 Å². The Morgan fingerprint density at radius 3 is 2.67 bits per heavy atom. The third-order valence-electron chi connectivity index (χ3n) is 0.812. The van der Waals surface area contributed by atoms with Crippen molar-refractivity contribution in [1.82, 2.24) is 4.98 Å². The van der Waals surface area contributed by atoms with Crippen molar-refractivity contribution in [2.75, 3.05) is 3.53 Å². The van der Waals surface area contributed by atoms with E-state index in [0.29, 0.717) is 0 Å². The Bertz CT molecular complexity index is 202. The molecule has 9 heavy (non-hydrogen) atoms. The first-order valence-electron chi connectivity index (χ1n) is 2.32. The summed E-state index contributed by atoms with van der Waals surface area (Å²) in [6.45, 7) is 0. The topological polar surface area (TPSA) is 24.9 Å². The van der Waals surface area contributed by atoms with Gasteiger partial charge in [0.1, 0.15) is 9.52 Å². The van der Waals surface area contributed by atoms with Crippen LogP contribution in [0, 0.1) is 3.70 Å². The molecule has 1 rings (SSSR count). The molecule has 0 saturated carbocycles. The van der Waals surface area contributed by atoms with Crippen LogP contribution in [0.1, 0.15) is 0 Å². The standard InChI is InChI=1S/C5H4I2N2/c6-4-2-1-3-5(8-4)9-7/h1-3H,(H,8,9). The summed E-state index contributed by atoms with van der Waals surface area (Å²) in [6, 6.07) is 5.85. The third kappa shape index (κ3) is 2.24. The number of nitrogens with one attached hydrogen (secondary N) is 1. The van der Waals surface area contributed by atoms with Gasteiger partial charge in [-0.05, 0) is 34.7 Å². The van der Waals surface area contributed by atoms with Gasteiger partial charge in [-0.15, -0.1) is 0 Å². The maximum absolute atomic E-state index is 4.16. The summed E-state index contributed by atoms with van der Waals surface area (Å²) in [5.74, 6) is 0.905. The van der Waals surface area contributed by atoms with Gasteiger partial charge in [0, 0.05) is 0 Å². The Kier molecular flexibility index (Phi) is 2.96. The van der Waals surface area contributed by atoms with Crippen LogP contribution in [0.2, 0.25) is 0 Å². The van der Waals surface area contributed by atoms with E-state index in [1.54, 1.807) is 0 Å². The number of nitrogens with zero attached hydrogens (tertiary/aromatic N) is 1. The molecule has 2 nitrogen and oxygen atoms in total. The first-order valence-corrected chi connectivity index (χ1v) is 4.48. The van der Waals surface area contributed by atoms with Crippen LogP contribution in [0.5, 0.6) is 0 Å². The minimum absolute atomic E-state index is 0.905. The van der Waals surface area contributed by atoms with Crippen molar-refractivity contribution in [3.8, 4) is 0 Å². The van der Waals surface area contributed by atoms with E-state index in [4.69, 9.17) is 0 Å². The van der Waals surface area contributed by atoms with Gasteiger partial charge in [-0.3, -0.25) is 0 Å². The highest BCUT2D eigenvalue weighted by Gasteiger charge is 1.88. The largest absolute Gasteiger partial charge is 0.313 e. The van der Waals surface area contributed by atoms with Crippen LogP contribution in [-0.2, 0) is 0 Å². The molecule has 1 N–H and O–H groups in total. The van der Waals surface area contributed by atoms with Crippen LogP contribution in [0.3, 0.4) is 0 Å². The maximum atomic E-state index is 4.16. The fourth-order valence-corrected chi connectivity index (χ4v) is 1.23. The van der Waals surface area contributed by atoms with Gasteiger partial charge in [0.25, 0.3) is 0 Å². The molecule has 1 aromatic rings. The highest BCUT2D eigenvalue weighted by Crippen LogP contribution is 2.07. The van der Waals surface area contributed by atoms with Gasteiger partial charge in [-0.25, -0.2) is 4.98 Å². The molecule has 0 radical (unpaired) electrons. The first-order chi connectivity index (χ1) is 4.33.